The summed E-state index contributed by atoms with van der Waals surface area (Å²) in [5.41, 5.74) is -1.34. The zero-order valence-electron chi connectivity index (χ0n) is 16.3. The molecule has 0 bridgehead atoms. The number of carbonyl (C=O) groups excluding carboxylic acids is 2. The molecule has 10 heteroatoms. The number of nitrogens with one attached hydrogen (secondary N) is 1. The Balaban J connectivity index is 1.42. The van der Waals surface area contributed by atoms with Crippen molar-refractivity contribution in [3.8, 4) is 5.75 Å². The number of hydrogen-bond donors (Lipinski definition) is 2. The second-order valence-electron chi connectivity index (χ2n) is 7.98. The Morgan fingerprint density at radius 3 is 2.84 bits per heavy atom. The molecular weight excluding hydrogens is 428 g/mol. The molecule has 31 heavy (non-hydrogen) atoms. The van der Waals surface area contributed by atoms with Crippen LogP contribution in [-0.4, -0.2) is 43.1 Å². The molecule has 5 rings (SSSR count). The van der Waals surface area contributed by atoms with Gasteiger partial charge in [-0.15, -0.1) is 11.8 Å². The van der Waals surface area contributed by atoms with E-state index in [9.17, 15) is 28.3 Å². The van der Waals surface area contributed by atoms with Crippen LogP contribution < -0.4 is 10.7 Å². The quantitative estimate of drug-likeness (QED) is 0.753. The number of pyridine rings is 1. The number of nitrogens with zero attached hydrogens (tertiary/aromatic N) is 2. The first-order valence-electron chi connectivity index (χ1n) is 10.0. The monoisotopic (exact) mass is 447 g/mol. The number of fused-ring (bicyclic) bond motifs is 4. The fourth-order valence-electron chi connectivity index (χ4n) is 4.68. The maximum atomic E-state index is 13.8. The fourth-order valence-corrected chi connectivity index (χ4v) is 6.47. The molecule has 162 valence electrons. The molecule has 3 aliphatic rings. The molecule has 1 saturated carbocycles. The van der Waals surface area contributed by atoms with Gasteiger partial charge < -0.3 is 19.9 Å². The van der Waals surface area contributed by atoms with Gasteiger partial charge in [-0.1, -0.05) is 12.5 Å². The molecule has 1 aromatic carbocycles. The Morgan fingerprint density at radius 2 is 2.06 bits per heavy atom. The number of rotatable bonds is 3. The molecule has 2 fully saturated rings. The normalized spacial score (nSPS) is 24.0. The number of halogens is 2. The van der Waals surface area contributed by atoms with Crippen molar-refractivity contribution in [3.05, 3.63) is 63.1 Å². The highest BCUT2D eigenvalue weighted by molar-refractivity contribution is 8.00. The smallest absolute Gasteiger partial charge is 0.275 e. The van der Waals surface area contributed by atoms with Crippen molar-refractivity contribution in [1.29, 1.82) is 0 Å². The lowest BCUT2D eigenvalue weighted by Gasteiger charge is -2.35. The molecular formula is C21H19F2N3O4S. The molecule has 2 N–H and O–H groups in total. The molecule has 2 aliphatic heterocycles. The van der Waals surface area contributed by atoms with Gasteiger partial charge in [0.15, 0.2) is 11.4 Å². The lowest BCUT2D eigenvalue weighted by atomic mass is 10.1. The zero-order valence-corrected chi connectivity index (χ0v) is 17.1. The second kappa shape index (κ2) is 7.37. The first-order chi connectivity index (χ1) is 14.8. The number of hydrogen-bond acceptors (Lipinski definition) is 5. The fraction of sp³-hybridized carbons (Fsp3) is 0.381. The van der Waals surface area contributed by atoms with Crippen molar-refractivity contribution < 1.29 is 23.5 Å². The summed E-state index contributed by atoms with van der Waals surface area (Å²) in [6.07, 6.45) is 4.26. The molecule has 0 radical (unpaired) electrons. The van der Waals surface area contributed by atoms with E-state index in [0.717, 1.165) is 25.3 Å². The van der Waals surface area contributed by atoms with Crippen LogP contribution >= 0.6 is 11.8 Å². The molecule has 2 unspecified atom stereocenters. The Labute approximate surface area is 180 Å². The van der Waals surface area contributed by atoms with Crippen LogP contribution in [0.4, 0.5) is 8.78 Å². The topological polar surface area (TPSA) is 91.6 Å². The van der Waals surface area contributed by atoms with Crippen LogP contribution in [0.2, 0.25) is 0 Å². The summed E-state index contributed by atoms with van der Waals surface area (Å²) in [5.74, 6) is -3.52. The van der Waals surface area contributed by atoms with Gasteiger partial charge in [0.2, 0.25) is 5.43 Å². The Bertz CT molecular complexity index is 1170. The minimum atomic E-state index is -0.954. The Hall–Kier alpha value is -2.88. The van der Waals surface area contributed by atoms with Gasteiger partial charge in [-0.25, -0.2) is 8.78 Å². The van der Waals surface area contributed by atoms with Crippen LogP contribution in [0.5, 0.6) is 5.75 Å². The van der Waals surface area contributed by atoms with Crippen molar-refractivity contribution in [2.75, 3.05) is 0 Å². The Kier molecular flexibility index (Phi) is 4.76. The van der Waals surface area contributed by atoms with Crippen LogP contribution in [0.15, 0.2) is 29.2 Å². The highest BCUT2D eigenvalue weighted by Crippen LogP contribution is 2.47. The van der Waals surface area contributed by atoms with Gasteiger partial charge in [-0.05, 0) is 18.9 Å². The third-order valence-corrected chi connectivity index (χ3v) is 7.75. The van der Waals surface area contributed by atoms with Crippen LogP contribution in [0, 0.1) is 11.6 Å². The predicted molar refractivity (Wildman–Crippen MR) is 109 cm³/mol. The van der Waals surface area contributed by atoms with Crippen molar-refractivity contribution in [1.82, 2.24) is 14.8 Å². The van der Waals surface area contributed by atoms with Gasteiger partial charge in [0.05, 0.1) is 11.9 Å². The molecule has 2 amide bonds. The van der Waals surface area contributed by atoms with Crippen LogP contribution in [0.1, 0.15) is 45.7 Å². The third-order valence-electron chi connectivity index (χ3n) is 6.16. The summed E-state index contributed by atoms with van der Waals surface area (Å²) < 4.78 is 28.3. The van der Waals surface area contributed by atoms with Gasteiger partial charge in [0, 0.05) is 35.7 Å². The van der Waals surface area contributed by atoms with E-state index >= 15 is 0 Å². The van der Waals surface area contributed by atoms with Crippen LogP contribution in [0.3, 0.4) is 0 Å². The summed E-state index contributed by atoms with van der Waals surface area (Å²) in [7, 11) is 0. The van der Waals surface area contributed by atoms with Crippen molar-refractivity contribution in [2.24, 2.45) is 0 Å². The van der Waals surface area contributed by atoms with Crippen LogP contribution in [-0.2, 0) is 13.1 Å². The van der Waals surface area contributed by atoms with Crippen molar-refractivity contribution in [3.63, 3.8) is 0 Å². The molecule has 1 aromatic heterocycles. The lowest BCUT2D eigenvalue weighted by molar-refractivity contribution is 0.0611. The highest BCUT2D eigenvalue weighted by Gasteiger charge is 2.50. The van der Waals surface area contributed by atoms with Gasteiger partial charge in [-0.2, -0.15) is 0 Å². The first-order valence-corrected chi connectivity index (χ1v) is 11.0. The van der Waals surface area contributed by atoms with E-state index in [4.69, 9.17) is 0 Å². The van der Waals surface area contributed by atoms with E-state index in [0.29, 0.717) is 17.9 Å². The van der Waals surface area contributed by atoms with Crippen molar-refractivity contribution >= 4 is 23.6 Å². The molecule has 2 aromatic rings. The number of thioether (sulfide) groups is 1. The Morgan fingerprint density at radius 1 is 1.26 bits per heavy atom. The number of amides is 2. The maximum Gasteiger partial charge on any atom is 0.275 e. The number of benzene rings is 1. The van der Waals surface area contributed by atoms with E-state index in [1.165, 1.54) is 16.8 Å². The standard InChI is InChI=1S/C21H19F2N3O4S/c22-11-5-4-10(13(23)6-11)7-24-20(29)12-8-25-9-16-26(14-2-1-3-15(14)31-16)21(30)17(25)19(28)18(12)27/h4-6,8,14-16,28H,1-3,7,9H2,(H,24,29)/t14-,15?,16?/m1/s1. The number of aromatic nitrogens is 1. The van der Waals surface area contributed by atoms with Gasteiger partial charge >= 0.3 is 0 Å². The van der Waals surface area contributed by atoms with E-state index < -0.39 is 34.6 Å². The number of aromatic hydroxyl groups is 1. The minimum Gasteiger partial charge on any atom is -0.503 e. The zero-order chi connectivity index (χ0) is 21.9. The van der Waals surface area contributed by atoms with E-state index in [-0.39, 0.29) is 34.8 Å². The van der Waals surface area contributed by atoms with Gasteiger partial charge in [0.25, 0.3) is 11.8 Å². The van der Waals surface area contributed by atoms with Crippen molar-refractivity contribution in [2.45, 2.75) is 49.0 Å². The molecule has 1 saturated heterocycles. The summed E-state index contributed by atoms with van der Waals surface area (Å²) in [6.45, 7) is 0.0981. The lowest BCUT2D eigenvalue weighted by Crippen LogP contribution is -2.49. The van der Waals surface area contributed by atoms with Crippen LogP contribution in [0.25, 0.3) is 0 Å². The average Bonchev–Trinajstić information content (AvgIpc) is 3.30. The highest BCUT2D eigenvalue weighted by atomic mass is 32.2. The summed E-state index contributed by atoms with van der Waals surface area (Å²) >= 11 is 1.72. The van der Waals surface area contributed by atoms with E-state index in [1.807, 2.05) is 0 Å². The predicted octanol–water partition coefficient (Wildman–Crippen LogP) is 2.21. The number of carbonyl (C=O) groups is 2. The largest absolute Gasteiger partial charge is 0.503 e. The van der Waals surface area contributed by atoms with E-state index in [1.54, 1.807) is 16.7 Å². The molecule has 3 atom stereocenters. The van der Waals surface area contributed by atoms with Gasteiger partial charge in [0.1, 0.15) is 17.2 Å². The SMILES string of the molecule is O=C(NCc1ccc(F)cc1F)c1cn2c(c(O)c1=O)C(=O)N1C(C2)SC2CCC[C@H]21. The summed E-state index contributed by atoms with van der Waals surface area (Å²) in [6, 6.07) is 3.08. The molecule has 7 nitrogen and oxygen atoms in total. The molecule has 3 heterocycles. The molecule has 1 aliphatic carbocycles. The molecule has 0 spiro atoms. The third kappa shape index (κ3) is 3.20. The summed E-state index contributed by atoms with van der Waals surface area (Å²) in [4.78, 5) is 40.1. The maximum absolute atomic E-state index is 13.8. The van der Waals surface area contributed by atoms with E-state index in [2.05, 4.69) is 5.32 Å². The van der Waals surface area contributed by atoms with Gasteiger partial charge in [-0.3, -0.25) is 14.4 Å². The first kappa shape index (κ1) is 20.0. The average molecular weight is 447 g/mol. The minimum absolute atomic E-state index is 0.0525. The summed E-state index contributed by atoms with van der Waals surface area (Å²) in [5, 5.41) is 13.2. The second-order valence-corrected chi connectivity index (χ2v) is 9.40.